The minimum Gasteiger partial charge on any atom is -0.461 e. The lowest BCUT2D eigenvalue weighted by molar-refractivity contribution is -0.151. The van der Waals surface area contributed by atoms with Crippen molar-refractivity contribution in [2.45, 2.75) is 40.2 Å². The fourth-order valence-corrected chi connectivity index (χ4v) is 1.08. The molecule has 2 N–H and O–H groups in total. The zero-order valence-electron chi connectivity index (χ0n) is 11.3. The molecule has 18 heavy (non-hydrogen) atoms. The summed E-state index contributed by atoms with van der Waals surface area (Å²) in [6.45, 7) is 7.74. The molecule has 0 heterocycles. The van der Waals surface area contributed by atoms with Crippen molar-refractivity contribution in [1.82, 2.24) is 0 Å². The van der Waals surface area contributed by atoms with Crippen molar-refractivity contribution in [3.05, 3.63) is 11.3 Å². The number of carbonyl (C=O) groups is 3. The molecule has 0 amide bonds. The maximum Gasteiger partial charge on any atom is 0.355 e. The first-order valence-electron chi connectivity index (χ1n) is 5.51. The molecule has 0 unspecified atom stereocenters. The Morgan fingerprint density at radius 2 is 1.61 bits per heavy atom. The summed E-state index contributed by atoms with van der Waals surface area (Å²) < 4.78 is 9.64. The van der Waals surface area contributed by atoms with Gasteiger partial charge in [-0.05, 0) is 34.6 Å². The van der Waals surface area contributed by atoms with Crippen molar-refractivity contribution in [2.75, 3.05) is 6.61 Å². The third-order valence-electron chi connectivity index (χ3n) is 1.72. The number of ketones is 1. The van der Waals surface area contributed by atoms with Gasteiger partial charge in [0.1, 0.15) is 16.9 Å². The van der Waals surface area contributed by atoms with E-state index in [9.17, 15) is 14.4 Å². The minimum atomic E-state index is -0.930. The number of rotatable bonds is 4. The first-order valence-corrected chi connectivity index (χ1v) is 5.51. The van der Waals surface area contributed by atoms with Crippen molar-refractivity contribution < 1.29 is 23.9 Å². The van der Waals surface area contributed by atoms with Crippen LogP contribution in [-0.4, -0.2) is 29.9 Å². The number of nitrogens with two attached hydrogens (primary N) is 1. The van der Waals surface area contributed by atoms with E-state index in [1.165, 1.54) is 0 Å². The first-order chi connectivity index (χ1) is 8.10. The second-order valence-electron chi connectivity index (χ2n) is 4.57. The Morgan fingerprint density at radius 1 is 1.11 bits per heavy atom. The van der Waals surface area contributed by atoms with Crippen LogP contribution in [0.2, 0.25) is 0 Å². The van der Waals surface area contributed by atoms with Gasteiger partial charge in [-0.15, -0.1) is 0 Å². The second kappa shape index (κ2) is 6.18. The predicted octanol–water partition coefficient (Wildman–Crippen LogP) is 0.693. The van der Waals surface area contributed by atoms with Gasteiger partial charge >= 0.3 is 11.9 Å². The zero-order valence-corrected chi connectivity index (χ0v) is 11.3. The molecule has 0 bridgehead atoms. The molecule has 0 aromatic carbocycles. The van der Waals surface area contributed by atoms with Gasteiger partial charge in [-0.2, -0.15) is 0 Å². The van der Waals surface area contributed by atoms with Crippen molar-refractivity contribution in [3.63, 3.8) is 0 Å². The van der Waals surface area contributed by atoms with E-state index in [0.717, 1.165) is 6.92 Å². The van der Waals surface area contributed by atoms with Gasteiger partial charge in [0.05, 0.1) is 6.61 Å². The molecule has 0 saturated heterocycles. The zero-order chi connectivity index (χ0) is 14.5. The molecular formula is C12H19NO5. The second-order valence-corrected chi connectivity index (χ2v) is 4.57. The van der Waals surface area contributed by atoms with Gasteiger partial charge in [-0.3, -0.25) is 4.79 Å². The maximum atomic E-state index is 11.8. The van der Waals surface area contributed by atoms with Crippen LogP contribution in [0, 0.1) is 0 Å². The van der Waals surface area contributed by atoms with E-state index in [4.69, 9.17) is 10.5 Å². The van der Waals surface area contributed by atoms with E-state index >= 15 is 0 Å². The summed E-state index contributed by atoms with van der Waals surface area (Å²) in [7, 11) is 0. The molecule has 0 rings (SSSR count). The highest BCUT2D eigenvalue weighted by molar-refractivity contribution is 6.20. The molecule has 0 aliphatic carbocycles. The van der Waals surface area contributed by atoms with Gasteiger partial charge in [-0.25, -0.2) is 9.59 Å². The molecule has 0 fully saturated rings. The largest absolute Gasteiger partial charge is 0.461 e. The molecule has 0 spiro atoms. The third-order valence-corrected chi connectivity index (χ3v) is 1.72. The summed E-state index contributed by atoms with van der Waals surface area (Å²) in [5.41, 5.74) is 3.65. The van der Waals surface area contributed by atoms with Gasteiger partial charge in [0.15, 0.2) is 5.78 Å². The molecular weight excluding hydrogens is 238 g/mol. The van der Waals surface area contributed by atoms with Crippen LogP contribution in [-0.2, 0) is 23.9 Å². The summed E-state index contributed by atoms with van der Waals surface area (Å²) >= 11 is 0. The first kappa shape index (κ1) is 16.1. The third kappa shape index (κ3) is 4.99. The molecule has 0 aromatic heterocycles. The van der Waals surface area contributed by atoms with Crippen LogP contribution in [0.4, 0.5) is 0 Å². The van der Waals surface area contributed by atoms with E-state index in [0.29, 0.717) is 0 Å². The molecule has 0 radical (unpaired) electrons. The Kier molecular flexibility index (Phi) is 5.55. The topological polar surface area (TPSA) is 95.7 Å². The SMILES string of the molecule is CCOC(=O)/C(N)=C(/C(C)=O)C(=O)OC(C)(C)C. The molecule has 0 atom stereocenters. The monoisotopic (exact) mass is 257 g/mol. The molecule has 0 aromatic rings. The van der Waals surface area contributed by atoms with Crippen LogP contribution in [0.3, 0.4) is 0 Å². The molecule has 6 nitrogen and oxygen atoms in total. The van der Waals surface area contributed by atoms with Gasteiger partial charge < -0.3 is 15.2 Å². The van der Waals surface area contributed by atoms with E-state index < -0.39 is 34.6 Å². The Hall–Kier alpha value is -1.85. The van der Waals surface area contributed by atoms with E-state index in [1.54, 1.807) is 27.7 Å². The van der Waals surface area contributed by atoms with Crippen LogP contribution in [0.5, 0.6) is 0 Å². The predicted molar refractivity (Wildman–Crippen MR) is 64.4 cm³/mol. The standard InChI is InChI=1S/C12H19NO5/c1-6-17-11(16)9(13)8(7(2)14)10(15)18-12(3,4)5/h6,13H2,1-5H3/b9-8+. The Bertz CT molecular complexity index is 390. The van der Waals surface area contributed by atoms with E-state index in [2.05, 4.69) is 4.74 Å². The molecule has 6 heteroatoms. The molecule has 0 aliphatic rings. The highest BCUT2D eigenvalue weighted by Gasteiger charge is 2.28. The summed E-state index contributed by atoms with van der Waals surface area (Å²) in [6, 6.07) is 0. The van der Waals surface area contributed by atoms with Crippen LogP contribution in [0.15, 0.2) is 11.3 Å². The summed E-state index contributed by atoms with van der Waals surface area (Å²) in [5, 5.41) is 0. The van der Waals surface area contributed by atoms with Crippen LogP contribution < -0.4 is 5.73 Å². The summed E-state index contributed by atoms with van der Waals surface area (Å²) in [4.78, 5) is 34.5. The average molecular weight is 257 g/mol. The normalized spacial score (nSPS) is 12.5. The fourth-order valence-electron chi connectivity index (χ4n) is 1.08. The van der Waals surface area contributed by atoms with Gasteiger partial charge in [0.2, 0.25) is 0 Å². The van der Waals surface area contributed by atoms with E-state index in [-0.39, 0.29) is 6.61 Å². The maximum absolute atomic E-state index is 11.8. The number of hydrogen-bond acceptors (Lipinski definition) is 6. The number of esters is 2. The van der Waals surface area contributed by atoms with Crippen molar-refractivity contribution in [1.29, 1.82) is 0 Å². The smallest absolute Gasteiger partial charge is 0.355 e. The van der Waals surface area contributed by atoms with Crippen molar-refractivity contribution in [3.8, 4) is 0 Å². The van der Waals surface area contributed by atoms with E-state index in [1.807, 2.05) is 0 Å². The van der Waals surface area contributed by atoms with Crippen LogP contribution in [0.25, 0.3) is 0 Å². The van der Waals surface area contributed by atoms with Crippen molar-refractivity contribution >= 4 is 17.7 Å². The Morgan fingerprint density at radius 3 is 1.94 bits per heavy atom. The molecule has 102 valence electrons. The number of Topliss-reactive ketones (excluding diaryl/α,β-unsaturated/α-hetero) is 1. The lowest BCUT2D eigenvalue weighted by Gasteiger charge is -2.20. The number of ether oxygens (including phenoxy) is 2. The van der Waals surface area contributed by atoms with Gasteiger partial charge in [0.25, 0.3) is 0 Å². The summed E-state index contributed by atoms with van der Waals surface area (Å²) in [5.74, 6) is -2.48. The fraction of sp³-hybridized carbons (Fsp3) is 0.583. The van der Waals surface area contributed by atoms with Crippen LogP contribution in [0.1, 0.15) is 34.6 Å². The van der Waals surface area contributed by atoms with Crippen LogP contribution >= 0.6 is 0 Å². The lowest BCUT2D eigenvalue weighted by atomic mass is 10.1. The lowest BCUT2D eigenvalue weighted by Crippen LogP contribution is -2.30. The highest BCUT2D eigenvalue weighted by Crippen LogP contribution is 2.13. The highest BCUT2D eigenvalue weighted by atomic mass is 16.6. The molecule has 0 saturated carbocycles. The number of hydrogen-bond donors (Lipinski definition) is 1. The quantitative estimate of drug-likeness (QED) is 0.344. The van der Waals surface area contributed by atoms with Crippen molar-refractivity contribution in [2.24, 2.45) is 5.73 Å². The van der Waals surface area contributed by atoms with Gasteiger partial charge in [0, 0.05) is 0 Å². The minimum absolute atomic E-state index is 0.0963. The number of carbonyl (C=O) groups excluding carboxylic acids is 3. The summed E-state index contributed by atoms with van der Waals surface area (Å²) in [6.07, 6.45) is 0. The average Bonchev–Trinajstić information content (AvgIpc) is 2.14. The molecule has 0 aliphatic heterocycles. The Labute approximate surface area is 106 Å². The Balaban J connectivity index is 5.31. The van der Waals surface area contributed by atoms with Gasteiger partial charge in [-0.1, -0.05) is 0 Å².